The van der Waals surface area contributed by atoms with Gasteiger partial charge in [0, 0.05) is 13.2 Å². The van der Waals surface area contributed by atoms with Crippen LogP contribution in [-0.4, -0.2) is 86.5 Å². The van der Waals surface area contributed by atoms with Crippen LogP contribution in [0.2, 0.25) is 0 Å². The van der Waals surface area contributed by atoms with E-state index in [9.17, 15) is 15.3 Å². The van der Waals surface area contributed by atoms with Crippen LogP contribution in [-0.2, 0) is 18.9 Å². The van der Waals surface area contributed by atoms with Crippen LogP contribution < -0.4 is 0 Å². The molecule has 0 saturated heterocycles. The van der Waals surface area contributed by atoms with Gasteiger partial charge in [-0.05, 0) is 12.8 Å². The second-order valence-corrected chi connectivity index (χ2v) is 11.5. The molecule has 3 atom stereocenters. The van der Waals surface area contributed by atoms with Crippen LogP contribution in [0.3, 0.4) is 0 Å². The highest BCUT2D eigenvalue weighted by Crippen LogP contribution is 2.12. The molecule has 0 bridgehead atoms. The van der Waals surface area contributed by atoms with Crippen LogP contribution in [0.15, 0.2) is 0 Å². The summed E-state index contributed by atoms with van der Waals surface area (Å²) in [7, 11) is 0. The lowest BCUT2D eigenvalue weighted by Crippen LogP contribution is -2.35. The number of rotatable bonds is 34. The molecule has 0 heterocycles. The lowest BCUT2D eigenvalue weighted by atomic mass is 10.1. The summed E-state index contributed by atoms with van der Waals surface area (Å²) in [5, 5.41) is 29.3. The topological polar surface area (TPSA) is 97.6 Å². The maximum absolute atomic E-state index is 10.1. The second-order valence-electron chi connectivity index (χ2n) is 11.5. The molecule has 0 aromatic heterocycles. The van der Waals surface area contributed by atoms with Gasteiger partial charge >= 0.3 is 0 Å². The lowest BCUT2D eigenvalue weighted by molar-refractivity contribution is -0.122. The number of unbranched alkanes of at least 4 members (excludes halogenated alkanes) is 18. The molecule has 3 N–H and O–H groups in total. The molecule has 0 aliphatic heterocycles. The number of aliphatic hydroxyl groups is 3. The summed E-state index contributed by atoms with van der Waals surface area (Å²) >= 11 is 0. The van der Waals surface area contributed by atoms with Crippen molar-refractivity contribution in [3.05, 3.63) is 0 Å². The van der Waals surface area contributed by atoms with E-state index in [0.717, 1.165) is 19.3 Å². The largest absolute Gasteiger partial charge is 0.394 e. The van der Waals surface area contributed by atoms with Crippen LogP contribution in [0.4, 0.5) is 0 Å². The number of ether oxygens (including phenoxy) is 4. The highest BCUT2D eigenvalue weighted by Gasteiger charge is 2.17. The van der Waals surface area contributed by atoms with E-state index >= 15 is 0 Å². The average Bonchev–Trinajstić information content (AvgIpc) is 2.96. The van der Waals surface area contributed by atoms with E-state index in [1.54, 1.807) is 0 Å². The van der Waals surface area contributed by atoms with Crippen molar-refractivity contribution in [1.82, 2.24) is 0 Å². The molecular weight excluding hydrogens is 508 g/mol. The lowest BCUT2D eigenvalue weighted by Gasteiger charge is -2.23. The SMILES string of the molecule is CCCCCCCCCCCCOCC(O)COCC(CO)OC(CO)COCCCCCCCCCCCC. The molecule has 0 radical (unpaired) electrons. The van der Waals surface area contributed by atoms with E-state index in [1.807, 2.05) is 0 Å². The Morgan fingerprint density at radius 2 is 0.750 bits per heavy atom. The smallest absolute Gasteiger partial charge is 0.104 e. The summed E-state index contributed by atoms with van der Waals surface area (Å²) in [6, 6.07) is 0. The Kier molecular flexibility index (Phi) is 33.0. The molecule has 0 fully saturated rings. The predicted molar refractivity (Wildman–Crippen MR) is 165 cm³/mol. The zero-order valence-electron chi connectivity index (χ0n) is 26.5. The van der Waals surface area contributed by atoms with Gasteiger partial charge in [0.15, 0.2) is 0 Å². The minimum absolute atomic E-state index is 0.122. The standard InChI is InChI=1S/C33H68O7/c1-3-5-7-9-11-13-15-17-19-21-23-37-27-31(36)28-39-30-33(26-35)40-32(25-34)29-38-24-22-20-18-16-14-12-10-8-6-4-2/h31-36H,3-30H2,1-2H3. The number of hydrogen-bond acceptors (Lipinski definition) is 7. The zero-order valence-corrected chi connectivity index (χ0v) is 26.5. The molecular formula is C33H68O7. The van der Waals surface area contributed by atoms with Gasteiger partial charge in [-0.25, -0.2) is 0 Å². The maximum Gasteiger partial charge on any atom is 0.104 e. The summed E-state index contributed by atoms with van der Waals surface area (Å²) in [5.74, 6) is 0. The normalized spacial score (nSPS) is 14.0. The molecule has 0 saturated carbocycles. The monoisotopic (exact) mass is 576 g/mol. The average molecular weight is 577 g/mol. The summed E-state index contributed by atoms with van der Waals surface area (Å²) in [6.07, 6.45) is 23.9. The van der Waals surface area contributed by atoms with Gasteiger partial charge in [0.25, 0.3) is 0 Å². The molecule has 7 heteroatoms. The Hall–Kier alpha value is -0.280. The molecule has 0 aliphatic rings. The second kappa shape index (κ2) is 33.2. The summed E-state index contributed by atoms with van der Waals surface area (Å²) in [5.41, 5.74) is 0. The van der Waals surface area contributed by atoms with Crippen LogP contribution >= 0.6 is 0 Å². The molecule has 0 spiro atoms. The Labute approximate surface area is 247 Å². The molecule has 7 nitrogen and oxygen atoms in total. The van der Waals surface area contributed by atoms with Gasteiger partial charge in [0.2, 0.25) is 0 Å². The van der Waals surface area contributed by atoms with Crippen LogP contribution in [0.25, 0.3) is 0 Å². The van der Waals surface area contributed by atoms with Gasteiger partial charge in [-0.1, -0.05) is 129 Å². The first kappa shape index (κ1) is 39.7. The Morgan fingerprint density at radius 1 is 0.425 bits per heavy atom. The highest BCUT2D eigenvalue weighted by atomic mass is 16.6. The first-order chi connectivity index (χ1) is 19.7. The number of aliphatic hydroxyl groups excluding tert-OH is 3. The van der Waals surface area contributed by atoms with E-state index < -0.39 is 18.3 Å². The molecule has 3 unspecified atom stereocenters. The first-order valence-electron chi connectivity index (χ1n) is 17.0. The van der Waals surface area contributed by atoms with Gasteiger partial charge in [-0.2, -0.15) is 0 Å². The molecule has 0 amide bonds. The van der Waals surface area contributed by atoms with Crippen LogP contribution in [0.1, 0.15) is 142 Å². The summed E-state index contributed by atoms with van der Waals surface area (Å²) in [4.78, 5) is 0. The molecule has 242 valence electrons. The van der Waals surface area contributed by atoms with E-state index in [4.69, 9.17) is 18.9 Å². The molecule has 0 aromatic carbocycles. The van der Waals surface area contributed by atoms with E-state index in [2.05, 4.69) is 13.8 Å². The predicted octanol–water partition coefficient (Wildman–Crippen LogP) is 6.98. The Morgan fingerprint density at radius 3 is 1.15 bits per heavy atom. The zero-order chi connectivity index (χ0) is 29.4. The van der Waals surface area contributed by atoms with Crippen molar-refractivity contribution in [2.24, 2.45) is 0 Å². The Bertz CT molecular complexity index is 466. The van der Waals surface area contributed by atoms with E-state index in [0.29, 0.717) is 19.8 Å². The van der Waals surface area contributed by atoms with Gasteiger partial charge in [0.1, 0.15) is 18.3 Å². The van der Waals surface area contributed by atoms with Crippen molar-refractivity contribution in [2.75, 3.05) is 52.9 Å². The fraction of sp³-hybridized carbons (Fsp3) is 1.00. The van der Waals surface area contributed by atoms with Crippen molar-refractivity contribution < 1.29 is 34.3 Å². The fourth-order valence-electron chi connectivity index (χ4n) is 4.74. The van der Waals surface area contributed by atoms with Crippen molar-refractivity contribution in [2.45, 2.75) is 161 Å². The Balaban J connectivity index is 3.63. The van der Waals surface area contributed by atoms with Gasteiger partial charge < -0.3 is 34.3 Å². The summed E-state index contributed by atoms with van der Waals surface area (Å²) in [6.45, 7) is 6.22. The van der Waals surface area contributed by atoms with Gasteiger partial charge in [0.05, 0.1) is 39.6 Å². The third-order valence-electron chi connectivity index (χ3n) is 7.30. The van der Waals surface area contributed by atoms with Gasteiger partial charge in [-0.15, -0.1) is 0 Å². The van der Waals surface area contributed by atoms with E-state index in [1.165, 1.54) is 109 Å². The minimum Gasteiger partial charge on any atom is -0.394 e. The van der Waals surface area contributed by atoms with E-state index in [-0.39, 0.29) is 33.0 Å². The molecule has 0 aromatic rings. The highest BCUT2D eigenvalue weighted by molar-refractivity contribution is 4.63. The van der Waals surface area contributed by atoms with Gasteiger partial charge in [-0.3, -0.25) is 0 Å². The molecule has 0 aliphatic carbocycles. The quantitative estimate of drug-likeness (QED) is 0.0711. The first-order valence-corrected chi connectivity index (χ1v) is 17.0. The third-order valence-corrected chi connectivity index (χ3v) is 7.30. The van der Waals surface area contributed by atoms with Crippen LogP contribution in [0, 0.1) is 0 Å². The fourth-order valence-corrected chi connectivity index (χ4v) is 4.74. The third kappa shape index (κ3) is 29.2. The summed E-state index contributed by atoms with van der Waals surface area (Å²) < 4.78 is 22.6. The van der Waals surface area contributed by atoms with Crippen LogP contribution in [0.5, 0.6) is 0 Å². The molecule has 40 heavy (non-hydrogen) atoms. The number of hydrogen-bond donors (Lipinski definition) is 3. The van der Waals surface area contributed by atoms with Crippen molar-refractivity contribution >= 4 is 0 Å². The minimum atomic E-state index is -0.708. The van der Waals surface area contributed by atoms with Crippen molar-refractivity contribution in [1.29, 1.82) is 0 Å². The van der Waals surface area contributed by atoms with Crippen molar-refractivity contribution in [3.63, 3.8) is 0 Å². The van der Waals surface area contributed by atoms with Crippen molar-refractivity contribution in [3.8, 4) is 0 Å². The maximum atomic E-state index is 10.1. The molecule has 0 rings (SSSR count).